The van der Waals surface area contributed by atoms with Crippen molar-refractivity contribution >= 4 is 110 Å². The first-order valence-electron chi connectivity index (χ1n) is 34.2. The molecule has 15 amide bonds. The number of hydrogen-bond donors (Lipinski definition) is 19. The van der Waals surface area contributed by atoms with Crippen LogP contribution in [-0.4, -0.2) is 261 Å². The zero-order valence-corrected chi connectivity index (χ0v) is 59.4. The number of nitrogens with zero attached hydrogens (tertiary/aromatic N) is 2. The van der Waals surface area contributed by atoms with Crippen molar-refractivity contribution in [3.63, 3.8) is 0 Å². The number of carbonyl (C=O) groups excluding carboxylic acids is 15. The number of rotatable bonds is 39. The summed E-state index contributed by atoms with van der Waals surface area (Å²) in [5.41, 5.74) is 6.09. The number of aliphatic hydroxyl groups excluding tert-OH is 1. The Morgan fingerprint density at radius 1 is 0.461 bits per heavy atom. The number of nitrogens with one attached hydrogen (secondary N) is 13. The summed E-state index contributed by atoms with van der Waals surface area (Å²) in [5.74, 6) is 10.0. The minimum atomic E-state index is -1.46. The number of amides is 15. The predicted octanol–water partition coefficient (Wildman–Crippen LogP) is -8.16. The molecule has 3 aliphatic rings. The molecule has 0 radical (unpaired) electrons. The van der Waals surface area contributed by atoms with Crippen molar-refractivity contribution in [2.24, 2.45) is 29.3 Å². The Morgan fingerprint density at radius 3 is 1.17 bits per heavy atom. The molecule has 40 nitrogen and oxygen atoms in total. The average Bonchev–Trinajstić information content (AvgIpc) is 1.67. The van der Waals surface area contributed by atoms with Gasteiger partial charge in [0, 0.05) is 57.3 Å². The van der Waals surface area contributed by atoms with E-state index in [-0.39, 0.29) is 161 Å². The standard InChI is InChI=1S/C60H106N20O20S2/c1-37-52(88)77-42(17-5-9-23-68-50(86)34-99-64)59(95)79-26-12-19-44(79)57(93)72-31-47(83)75-40(15-3-8-22-67-49(85)33-98-63)55(91)76-41(16-4-11-25-70-53(89)38(61)36-102-101-29-28-81)56(92)78-43(18-6-10-24-69-51(87)35-100-65)60(96)80-27-13-20-45(80)58(94)71-30-46(82)74-39(54(90)73-37)14-2-7-21-66-48(84)32-97-62/h37-45,81H,2-36,61-65H2,1H3,(H,66,84)(H,67,85)(H,68,86)(H,69,87)(H,70,89)(H,71,94)(H,72,93)(H,73,90)(H,74,82)(H,75,83)(H,76,91)(H,77,88)(H,78,92)/t37-,38-,39-,40-,41-,42-,43-,44-,45-/m0/s1. The van der Waals surface area contributed by atoms with Crippen LogP contribution in [0.2, 0.25) is 0 Å². The van der Waals surface area contributed by atoms with Crippen molar-refractivity contribution in [3.05, 3.63) is 0 Å². The number of hydrogen-bond acceptors (Lipinski definition) is 27. The van der Waals surface area contributed by atoms with Gasteiger partial charge < -0.3 is 89.8 Å². The summed E-state index contributed by atoms with van der Waals surface area (Å²) in [5, 5.41) is 43.3. The molecule has 0 aliphatic carbocycles. The summed E-state index contributed by atoms with van der Waals surface area (Å²) in [4.78, 5) is 225. The predicted molar refractivity (Wildman–Crippen MR) is 368 cm³/mol. The van der Waals surface area contributed by atoms with Gasteiger partial charge in [0.2, 0.25) is 88.6 Å². The minimum Gasteiger partial charge on any atom is -0.395 e. The molecule has 3 rings (SSSR count). The molecular weight excluding hydrogens is 1380 g/mol. The van der Waals surface area contributed by atoms with Crippen LogP contribution in [0.1, 0.15) is 129 Å². The largest absolute Gasteiger partial charge is 0.395 e. The van der Waals surface area contributed by atoms with E-state index in [1.54, 1.807) is 0 Å². The third kappa shape index (κ3) is 35.0. The molecule has 3 aliphatic heterocycles. The van der Waals surface area contributed by atoms with Gasteiger partial charge in [0.05, 0.1) is 25.7 Å². The molecule has 0 aromatic rings. The lowest BCUT2D eigenvalue weighted by Gasteiger charge is -2.30. The zero-order chi connectivity index (χ0) is 75.2. The van der Waals surface area contributed by atoms with Crippen LogP contribution in [-0.2, 0) is 91.3 Å². The maximum Gasteiger partial charge on any atom is 0.248 e. The summed E-state index contributed by atoms with van der Waals surface area (Å²) < 4.78 is 0. The number of fused-ring (bicyclic) bond motifs is 2. The van der Waals surface area contributed by atoms with Crippen molar-refractivity contribution in [1.82, 2.24) is 78.9 Å². The molecule has 3 fully saturated rings. The first kappa shape index (κ1) is 88.6. The molecule has 0 aromatic carbocycles. The van der Waals surface area contributed by atoms with Crippen LogP contribution in [0.25, 0.3) is 0 Å². The van der Waals surface area contributed by atoms with Gasteiger partial charge >= 0.3 is 0 Å². The molecule has 0 aromatic heterocycles. The Hall–Kier alpha value is -7.65. The van der Waals surface area contributed by atoms with Crippen LogP contribution in [0.15, 0.2) is 0 Å². The van der Waals surface area contributed by atoms with E-state index in [2.05, 4.69) is 88.5 Å². The highest BCUT2D eigenvalue weighted by molar-refractivity contribution is 8.76. The molecule has 102 heavy (non-hydrogen) atoms. The average molecular weight is 1490 g/mol. The van der Waals surface area contributed by atoms with Crippen molar-refractivity contribution in [2.45, 2.75) is 183 Å². The second-order valence-electron chi connectivity index (χ2n) is 24.3. The van der Waals surface area contributed by atoms with E-state index in [9.17, 15) is 71.9 Å². The molecule has 3 heterocycles. The smallest absolute Gasteiger partial charge is 0.248 e. The van der Waals surface area contributed by atoms with Crippen LogP contribution in [0.3, 0.4) is 0 Å². The van der Waals surface area contributed by atoms with Crippen LogP contribution in [0.4, 0.5) is 0 Å². The summed E-state index contributed by atoms with van der Waals surface area (Å²) in [6.45, 7) is -1.35. The Bertz CT molecular complexity index is 2730. The van der Waals surface area contributed by atoms with Crippen molar-refractivity contribution in [3.8, 4) is 0 Å². The number of aliphatic hydroxyl groups is 1. The molecule has 0 saturated carbocycles. The van der Waals surface area contributed by atoms with Gasteiger partial charge in [-0.25, -0.2) is 23.6 Å². The molecule has 24 N–H and O–H groups in total. The second-order valence-corrected chi connectivity index (χ2v) is 26.9. The third-order valence-electron chi connectivity index (χ3n) is 16.3. The van der Waals surface area contributed by atoms with E-state index in [0.717, 1.165) is 0 Å². The monoisotopic (exact) mass is 1490 g/mol. The number of unbranched alkanes of at least 4 members (excludes halogenated alkanes) is 5. The lowest BCUT2D eigenvalue weighted by Crippen LogP contribution is -2.59. The lowest BCUT2D eigenvalue weighted by molar-refractivity contribution is -0.142. The molecule has 578 valence electrons. The first-order valence-corrected chi connectivity index (χ1v) is 36.7. The van der Waals surface area contributed by atoms with E-state index in [1.807, 2.05) is 0 Å². The van der Waals surface area contributed by atoms with Gasteiger partial charge in [-0.15, -0.1) is 0 Å². The van der Waals surface area contributed by atoms with Gasteiger partial charge in [-0.2, -0.15) is 0 Å². The highest BCUT2D eigenvalue weighted by Crippen LogP contribution is 2.23. The van der Waals surface area contributed by atoms with E-state index in [0.29, 0.717) is 25.0 Å². The lowest BCUT2D eigenvalue weighted by atomic mass is 10.0. The van der Waals surface area contributed by atoms with Gasteiger partial charge in [-0.05, 0) is 129 Å². The molecule has 42 heteroatoms. The summed E-state index contributed by atoms with van der Waals surface area (Å²) in [6, 6.07) is -11.6. The van der Waals surface area contributed by atoms with E-state index in [1.165, 1.54) is 38.3 Å². The van der Waals surface area contributed by atoms with Crippen LogP contribution >= 0.6 is 21.6 Å². The summed E-state index contributed by atoms with van der Waals surface area (Å²) in [6.07, 6.45) is 2.71. The summed E-state index contributed by atoms with van der Waals surface area (Å²) in [7, 11) is 2.65. The quantitative estimate of drug-likeness (QED) is 0.0154. The zero-order valence-electron chi connectivity index (χ0n) is 57.7. The van der Waals surface area contributed by atoms with Crippen molar-refractivity contribution in [2.75, 3.05) is 103 Å². The number of nitrogens with two attached hydrogens (primary N) is 5. The first-order chi connectivity index (χ1) is 49.0. The Labute approximate surface area is 599 Å². The van der Waals surface area contributed by atoms with Crippen LogP contribution in [0, 0.1) is 0 Å². The van der Waals surface area contributed by atoms with Gasteiger partial charge in [0.15, 0.2) is 0 Å². The van der Waals surface area contributed by atoms with Crippen LogP contribution in [0.5, 0.6) is 0 Å². The summed E-state index contributed by atoms with van der Waals surface area (Å²) >= 11 is 0. The Balaban J connectivity index is 2.13. The van der Waals surface area contributed by atoms with Crippen LogP contribution < -0.4 is 98.4 Å². The van der Waals surface area contributed by atoms with E-state index >= 15 is 0 Å². The normalized spacial score (nSPS) is 22.0. The maximum absolute atomic E-state index is 14.9. The highest BCUT2D eigenvalue weighted by atomic mass is 33.1. The van der Waals surface area contributed by atoms with Gasteiger partial charge in [-0.3, -0.25) is 91.3 Å². The maximum atomic E-state index is 14.9. The molecule has 0 bridgehead atoms. The van der Waals surface area contributed by atoms with Crippen molar-refractivity contribution < 1.29 is 96.4 Å². The molecular formula is C60H106N20O20S2. The fraction of sp³-hybridized carbons (Fsp3) is 0.750. The second kappa shape index (κ2) is 51.5. The van der Waals surface area contributed by atoms with E-state index < -0.39 is 183 Å². The van der Waals surface area contributed by atoms with Crippen molar-refractivity contribution in [1.29, 1.82) is 0 Å². The number of carbonyl (C=O) groups is 15. The Kier molecular flexibility index (Phi) is 44.7. The molecule has 0 spiro atoms. The fourth-order valence-corrected chi connectivity index (χ4v) is 12.9. The highest BCUT2D eigenvalue weighted by Gasteiger charge is 2.41. The SMILES string of the molecule is C[C@@H]1NC(=O)[C@H](CCCCNC(=O)CON)NC(=O)CNC(=O)[C@@H]2CCCN2C(=O)[C@H](CCCCNC(=O)CON)NC(=O)[C@H](CCCCNC(=O)[C@@H](N)CSSCCO)NC(=O)[C@H](CCCCNC(=O)CON)NC(=O)CNC(=O)[C@@H]2CCCN2C(=O)[C@H](CCCCNC(=O)CON)NC1=O. The van der Waals surface area contributed by atoms with Gasteiger partial charge in [0.25, 0.3) is 0 Å². The fourth-order valence-electron chi connectivity index (χ4n) is 11.0. The Morgan fingerprint density at radius 2 is 0.794 bits per heavy atom. The van der Waals surface area contributed by atoms with Gasteiger partial charge in [-0.1, -0.05) is 21.6 Å². The molecule has 0 unspecified atom stereocenters. The molecule has 9 atom stereocenters. The molecule has 3 saturated heterocycles. The van der Waals surface area contributed by atoms with E-state index in [4.69, 9.17) is 34.4 Å². The van der Waals surface area contributed by atoms with Gasteiger partial charge in [0.1, 0.15) is 74.8 Å². The topological polar surface area (TPSA) is 606 Å². The third-order valence-corrected chi connectivity index (χ3v) is 18.7. The minimum absolute atomic E-state index is 0.0135.